The van der Waals surface area contributed by atoms with Gasteiger partial charge in [-0.1, -0.05) is 12.1 Å². The smallest absolute Gasteiger partial charge is 0.263 e. The Labute approximate surface area is 151 Å². The van der Waals surface area contributed by atoms with Crippen LogP contribution in [-0.4, -0.2) is 49.1 Å². The van der Waals surface area contributed by atoms with Gasteiger partial charge < -0.3 is 24.8 Å². The van der Waals surface area contributed by atoms with Crippen LogP contribution in [0.1, 0.15) is 26.3 Å². The second kappa shape index (κ2) is 7.45. The van der Waals surface area contributed by atoms with Gasteiger partial charge in [-0.05, 0) is 24.3 Å². The number of phenolic OH excluding ortho intramolecular Hbond substituents is 1. The molecule has 0 radical (unpaired) electrons. The number of nitrogens with zero attached hydrogens (tertiary/aromatic N) is 1. The predicted molar refractivity (Wildman–Crippen MR) is 95.7 cm³/mol. The molecule has 1 aliphatic heterocycles. The van der Waals surface area contributed by atoms with E-state index in [2.05, 4.69) is 5.32 Å². The molecule has 0 unspecified atom stereocenters. The summed E-state index contributed by atoms with van der Waals surface area (Å²) in [4.78, 5) is 26.6. The molecule has 0 spiro atoms. The van der Waals surface area contributed by atoms with Crippen molar-refractivity contribution in [3.05, 3.63) is 53.1 Å². The Morgan fingerprint density at radius 1 is 1.35 bits per heavy atom. The van der Waals surface area contributed by atoms with Crippen LogP contribution in [0.15, 0.2) is 36.4 Å². The Hall–Kier alpha value is -3.06. The molecular formula is C19H20N2O5. The number of amides is 2. The second-order valence-corrected chi connectivity index (χ2v) is 5.98. The van der Waals surface area contributed by atoms with Crippen molar-refractivity contribution in [2.75, 3.05) is 32.6 Å². The number of aromatic hydroxyl groups is 1. The SMILES string of the molecule is COCCN(C)C(=O)c1ccc2c(c1)NC(=O)c1c(O)cccc1OC2. The predicted octanol–water partition coefficient (Wildman–Crippen LogP) is 2.26. The maximum Gasteiger partial charge on any atom is 0.263 e. The van der Waals surface area contributed by atoms with Crippen LogP contribution in [0.3, 0.4) is 0 Å². The molecule has 1 heterocycles. The zero-order valence-corrected chi connectivity index (χ0v) is 14.6. The summed E-state index contributed by atoms with van der Waals surface area (Å²) in [5, 5.41) is 12.7. The number of nitrogens with one attached hydrogen (secondary N) is 1. The Balaban J connectivity index is 1.89. The molecule has 3 rings (SSSR count). The fourth-order valence-electron chi connectivity index (χ4n) is 2.71. The molecule has 0 aromatic heterocycles. The number of fused-ring (bicyclic) bond motifs is 2. The third kappa shape index (κ3) is 3.48. The molecule has 2 amide bonds. The van der Waals surface area contributed by atoms with Gasteiger partial charge in [-0.25, -0.2) is 0 Å². The number of carbonyl (C=O) groups excluding carboxylic acids is 2. The first-order valence-electron chi connectivity index (χ1n) is 8.14. The van der Waals surface area contributed by atoms with Gasteiger partial charge in [-0.15, -0.1) is 0 Å². The number of ether oxygens (including phenoxy) is 2. The molecule has 136 valence electrons. The second-order valence-electron chi connectivity index (χ2n) is 5.98. The van der Waals surface area contributed by atoms with E-state index in [0.717, 1.165) is 5.56 Å². The number of benzene rings is 2. The van der Waals surface area contributed by atoms with Crippen molar-refractivity contribution >= 4 is 17.5 Å². The number of phenols is 1. The van der Waals surface area contributed by atoms with E-state index in [1.165, 1.54) is 6.07 Å². The lowest BCUT2D eigenvalue weighted by atomic mass is 10.1. The number of carbonyl (C=O) groups is 2. The van der Waals surface area contributed by atoms with Crippen LogP contribution in [0.5, 0.6) is 11.5 Å². The molecule has 2 aromatic rings. The highest BCUT2D eigenvalue weighted by Gasteiger charge is 2.23. The molecule has 0 saturated heterocycles. The summed E-state index contributed by atoms with van der Waals surface area (Å²) in [5.41, 5.74) is 1.74. The third-order valence-electron chi connectivity index (χ3n) is 4.20. The van der Waals surface area contributed by atoms with E-state index >= 15 is 0 Å². The fourth-order valence-corrected chi connectivity index (χ4v) is 2.71. The normalized spacial score (nSPS) is 12.8. The van der Waals surface area contributed by atoms with E-state index in [-0.39, 0.29) is 23.8 Å². The minimum absolute atomic E-state index is 0.0760. The summed E-state index contributed by atoms with van der Waals surface area (Å²) in [5.74, 6) is -0.510. The molecular weight excluding hydrogens is 336 g/mol. The van der Waals surface area contributed by atoms with Crippen LogP contribution >= 0.6 is 0 Å². The first-order chi connectivity index (χ1) is 12.5. The summed E-state index contributed by atoms with van der Waals surface area (Å²) in [6.07, 6.45) is 0. The van der Waals surface area contributed by atoms with Crippen LogP contribution in [0.4, 0.5) is 5.69 Å². The van der Waals surface area contributed by atoms with E-state index in [1.54, 1.807) is 49.4 Å². The standard InChI is InChI=1S/C19H20N2O5/c1-21(8-9-25-2)19(24)12-6-7-13-11-26-16-5-3-4-15(22)17(16)18(23)20-14(13)10-12/h3-7,10,22H,8-9,11H2,1-2H3,(H,20,23). The van der Waals surface area contributed by atoms with Crippen molar-refractivity contribution in [3.8, 4) is 11.5 Å². The van der Waals surface area contributed by atoms with Gasteiger partial charge in [-0.2, -0.15) is 0 Å². The lowest BCUT2D eigenvalue weighted by Crippen LogP contribution is -2.30. The summed E-state index contributed by atoms with van der Waals surface area (Å²) >= 11 is 0. The quantitative estimate of drug-likeness (QED) is 0.877. The number of hydrogen-bond acceptors (Lipinski definition) is 5. The largest absolute Gasteiger partial charge is 0.507 e. The maximum absolute atomic E-state index is 12.5. The average Bonchev–Trinajstić information content (AvgIpc) is 2.62. The molecule has 2 N–H and O–H groups in total. The van der Waals surface area contributed by atoms with Crippen LogP contribution in [0.25, 0.3) is 0 Å². The molecule has 7 heteroatoms. The van der Waals surface area contributed by atoms with Crippen LogP contribution in [0.2, 0.25) is 0 Å². The molecule has 2 aromatic carbocycles. The number of rotatable bonds is 4. The highest BCUT2D eigenvalue weighted by atomic mass is 16.5. The lowest BCUT2D eigenvalue weighted by molar-refractivity contribution is 0.0744. The van der Waals surface area contributed by atoms with E-state index in [1.807, 2.05) is 0 Å². The summed E-state index contributed by atoms with van der Waals surface area (Å²) in [7, 11) is 3.26. The minimum Gasteiger partial charge on any atom is -0.507 e. The Kier molecular flexibility index (Phi) is 5.09. The van der Waals surface area contributed by atoms with Gasteiger partial charge in [0.25, 0.3) is 11.8 Å². The first-order valence-corrected chi connectivity index (χ1v) is 8.14. The molecule has 26 heavy (non-hydrogen) atoms. The maximum atomic E-state index is 12.5. The summed E-state index contributed by atoms with van der Waals surface area (Å²) in [6.45, 7) is 1.11. The van der Waals surface area contributed by atoms with Crippen LogP contribution in [0, 0.1) is 0 Å². The molecule has 0 aliphatic carbocycles. The average molecular weight is 356 g/mol. The van der Waals surface area contributed by atoms with Crippen molar-refractivity contribution < 1.29 is 24.2 Å². The van der Waals surface area contributed by atoms with Gasteiger partial charge in [0.1, 0.15) is 23.7 Å². The topological polar surface area (TPSA) is 88.1 Å². The van der Waals surface area contributed by atoms with Crippen molar-refractivity contribution in [1.29, 1.82) is 0 Å². The number of methoxy groups -OCH3 is 1. The van der Waals surface area contributed by atoms with Gasteiger partial charge in [-0.3, -0.25) is 9.59 Å². The van der Waals surface area contributed by atoms with Crippen molar-refractivity contribution in [2.45, 2.75) is 6.61 Å². The molecule has 0 fully saturated rings. The highest BCUT2D eigenvalue weighted by molar-refractivity contribution is 6.09. The first kappa shape index (κ1) is 17.8. The molecule has 0 atom stereocenters. The van der Waals surface area contributed by atoms with E-state index in [4.69, 9.17) is 9.47 Å². The number of likely N-dealkylation sites (N-methyl/N-ethyl adjacent to an activating group) is 1. The van der Waals surface area contributed by atoms with Gasteiger partial charge >= 0.3 is 0 Å². The van der Waals surface area contributed by atoms with Crippen molar-refractivity contribution in [3.63, 3.8) is 0 Å². The van der Waals surface area contributed by atoms with E-state index in [0.29, 0.717) is 30.2 Å². The Bertz CT molecular complexity index is 850. The third-order valence-corrected chi connectivity index (χ3v) is 4.20. The monoisotopic (exact) mass is 356 g/mol. The van der Waals surface area contributed by atoms with Crippen molar-refractivity contribution in [1.82, 2.24) is 4.90 Å². The zero-order valence-electron chi connectivity index (χ0n) is 14.6. The van der Waals surface area contributed by atoms with Gasteiger partial charge in [0.05, 0.1) is 6.61 Å². The molecule has 7 nitrogen and oxygen atoms in total. The summed E-state index contributed by atoms with van der Waals surface area (Å²) in [6, 6.07) is 9.73. The Morgan fingerprint density at radius 2 is 2.15 bits per heavy atom. The molecule has 1 aliphatic rings. The zero-order chi connectivity index (χ0) is 18.7. The van der Waals surface area contributed by atoms with E-state index in [9.17, 15) is 14.7 Å². The fraction of sp³-hybridized carbons (Fsp3) is 0.263. The molecule has 0 bridgehead atoms. The van der Waals surface area contributed by atoms with Gasteiger partial charge in [0.15, 0.2) is 0 Å². The lowest BCUT2D eigenvalue weighted by Gasteiger charge is -2.21. The van der Waals surface area contributed by atoms with Crippen LogP contribution < -0.4 is 10.1 Å². The number of hydrogen-bond donors (Lipinski definition) is 2. The highest BCUT2D eigenvalue weighted by Crippen LogP contribution is 2.32. The van der Waals surface area contributed by atoms with Gasteiger partial charge in [0.2, 0.25) is 0 Å². The molecule has 0 saturated carbocycles. The Morgan fingerprint density at radius 3 is 2.92 bits per heavy atom. The van der Waals surface area contributed by atoms with Crippen molar-refractivity contribution in [2.24, 2.45) is 0 Å². The minimum atomic E-state index is -0.489. The summed E-state index contributed by atoms with van der Waals surface area (Å²) < 4.78 is 10.7. The van der Waals surface area contributed by atoms with Gasteiger partial charge in [0, 0.05) is 37.5 Å². The number of anilines is 1. The van der Waals surface area contributed by atoms with Crippen LogP contribution in [-0.2, 0) is 11.3 Å². The van der Waals surface area contributed by atoms with E-state index < -0.39 is 5.91 Å².